The Bertz CT molecular complexity index is 1200. The Balaban J connectivity index is 1.41. The van der Waals surface area contributed by atoms with Crippen molar-refractivity contribution in [3.05, 3.63) is 40.3 Å². The number of aromatic nitrogens is 3. The molecule has 1 aliphatic carbocycles. The minimum Gasteiger partial charge on any atom is -0.372 e. The van der Waals surface area contributed by atoms with E-state index < -0.39 is 0 Å². The zero-order valence-electron chi connectivity index (χ0n) is 20.6. The molecule has 184 valence electrons. The van der Waals surface area contributed by atoms with E-state index in [9.17, 15) is 10.1 Å². The highest BCUT2D eigenvalue weighted by molar-refractivity contribution is 7.99. The monoisotopic (exact) mass is 508 g/mol. The second kappa shape index (κ2) is 11.7. The number of carbonyl (C=O) groups is 1. The Morgan fingerprint density at radius 1 is 1.14 bits per heavy atom. The maximum atomic E-state index is 12.8. The molecule has 1 aliphatic rings. The fraction of sp³-hybridized carbons (Fsp3) is 0.462. The van der Waals surface area contributed by atoms with Crippen molar-refractivity contribution < 1.29 is 4.79 Å². The van der Waals surface area contributed by atoms with Crippen LogP contribution in [0.1, 0.15) is 55.5 Å². The number of thiophene rings is 1. The van der Waals surface area contributed by atoms with E-state index in [1.54, 1.807) is 11.3 Å². The number of amides is 1. The lowest BCUT2D eigenvalue weighted by Gasteiger charge is -2.21. The molecule has 0 saturated carbocycles. The molecule has 35 heavy (non-hydrogen) atoms. The van der Waals surface area contributed by atoms with Crippen LogP contribution < -0.4 is 10.2 Å². The molecule has 0 saturated heterocycles. The standard InChI is InChI=1S/C26H32N6OS2/c1-4-32(5-2)19-14-12-18(13-15-19)24-29-30-26(31(24)3)34-17-23(33)28-25-21(16-27)20-10-8-6-7-9-11-22(20)35-25/h12-15H,4-11,17H2,1-3H3,(H,28,33). The zero-order chi connectivity index (χ0) is 24.8. The largest absolute Gasteiger partial charge is 0.372 e. The maximum absolute atomic E-state index is 12.8. The predicted octanol–water partition coefficient (Wildman–Crippen LogP) is 5.65. The summed E-state index contributed by atoms with van der Waals surface area (Å²) in [6.07, 6.45) is 6.62. The number of hydrogen-bond acceptors (Lipinski definition) is 7. The second-order valence-electron chi connectivity index (χ2n) is 8.66. The lowest BCUT2D eigenvalue weighted by atomic mass is 9.97. The van der Waals surface area contributed by atoms with Crippen LogP contribution >= 0.6 is 23.1 Å². The minimum atomic E-state index is -0.131. The summed E-state index contributed by atoms with van der Waals surface area (Å²) in [5, 5.41) is 22.8. The fourth-order valence-electron chi connectivity index (χ4n) is 4.52. The quantitative estimate of drug-likeness (QED) is 0.396. The van der Waals surface area contributed by atoms with Crippen LogP contribution in [0.3, 0.4) is 0 Å². The molecule has 1 aromatic carbocycles. The van der Waals surface area contributed by atoms with Crippen molar-refractivity contribution in [3.63, 3.8) is 0 Å². The third kappa shape index (κ3) is 5.71. The Morgan fingerprint density at radius 3 is 2.54 bits per heavy atom. The van der Waals surface area contributed by atoms with Gasteiger partial charge < -0.3 is 14.8 Å². The first-order chi connectivity index (χ1) is 17.0. The summed E-state index contributed by atoms with van der Waals surface area (Å²) < 4.78 is 1.92. The van der Waals surface area contributed by atoms with Gasteiger partial charge in [0, 0.05) is 36.3 Å². The fourth-order valence-corrected chi connectivity index (χ4v) is 6.49. The molecule has 0 bridgehead atoms. The third-order valence-electron chi connectivity index (χ3n) is 6.46. The summed E-state index contributed by atoms with van der Waals surface area (Å²) >= 11 is 2.92. The summed E-state index contributed by atoms with van der Waals surface area (Å²) in [7, 11) is 1.92. The Labute approximate surface area is 215 Å². The Hall–Kier alpha value is -2.83. The average molecular weight is 509 g/mol. The first-order valence-corrected chi connectivity index (χ1v) is 14.1. The second-order valence-corrected chi connectivity index (χ2v) is 10.7. The Morgan fingerprint density at radius 2 is 1.86 bits per heavy atom. The number of aryl methyl sites for hydroxylation is 1. The lowest BCUT2D eigenvalue weighted by molar-refractivity contribution is -0.113. The SMILES string of the molecule is CCN(CC)c1ccc(-c2nnc(SCC(=O)Nc3sc4c(c3C#N)CCCCCC4)n2C)cc1. The molecule has 2 aromatic heterocycles. The highest BCUT2D eigenvalue weighted by Crippen LogP contribution is 2.36. The van der Waals surface area contributed by atoms with E-state index >= 15 is 0 Å². The van der Waals surface area contributed by atoms with Crippen molar-refractivity contribution in [2.75, 3.05) is 29.1 Å². The molecule has 0 atom stereocenters. The number of nitriles is 1. The van der Waals surface area contributed by atoms with Gasteiger partial charge in [0.1, 0.15) is 11.1 Å². The van der Waals surface area contributed by atoms with Crippen LogP contribution in [0.15, 0.2) is 29.4 Å². The van der Waals surface area contributed by atoms with Crippen LogP contribution in [-0.2, 0) is 24.7 Å². The number of thioether (sulfide) groups is 1. The van der Waals surface area contributed by atoms with Crippen LogP contribution in [0.2, 0.25) is 0 Å². The molecule has 4 rings (SSSR count). The number of anilines is 2. The number of rotatable bonds is 8. The molecule has 1 N–H and O–H groups in total. The van der Waals surface area contributed by atoms with Crippen molar-refractivity contribution in [2.45, 2.75) is 57.5 Å². The van der Waals surface area contributed by atoms with Crippen LogP contribution in [-0.4, -0.2) is 39.5 Å². The number of nitrogens with one attached hydrogen (secondary N) is 1. The Kier molecular flexibility index (Phi) is 8.47. The van der Waals surface area contributed by atoms with Gasteiger partial charge in [0.2, 0.25) is 5.91 Å². The molecule has 0 unspecified atom stereocenters. The van der Waals surface area contributed by atoms with Crippen molar-refractivity contribution in [1.82, 2.24) is 14.8 Å². The first kappa shape index (κ1) is 25.3. The topological polar surface area (TPSA) is 86.8 Å². The lowest BCUT2D eigenvalue weighted by Crippen LogP contribution is -2.21. The minimum absolute atomic E-state index is 0.131. The summed E-state index contributed by atoms with van der Waals surface area (Å²) in [6.45, 7) is 6.23. The van der Waals surface area contributed by atoms with Crippen LogP contribution in [0.4, 0.5) is 10.7 Å². The number of carbonyl (C=O) groups excluding carboxylic acids is 1. The van der Waals surface area contributed by atoms with Gasteiger partial charge in [0.25, 0.3) is 0 Å². The van der Waals surface area contributed by atoms with Crippen molar-refractivity contribution in [1.29, 1.82) is 5.26 Å². The summed E-state index contributed by atoms with van der Waals surface area (Å²) in [4.78, 5) is 16.3. The smallest absolute Gasteiger partial charge is 0.235 e. The molecule has 0 aliphatic heterocycles. The van der Waals surface area contributed by atoms with Crippen LogP contribution in [0.5, 0.6) is 0 Å². The van der Waals surface area contributed by atoms with E-state index in [2.05, 4.69) is 64.6 Å². The van der Waals surface area contributed by atoms with E-state index in [4.69, 9.17) is 0 Å². The number of nitrogens with zero attached hydrogens (tertiary/aromatic N) is 5. The normalized spacial score (nSPS) is 13.4. The summed E-state index contributed by atoms with van der Waals surface area (Å²) in [5.74, 6) is 0.845. The van der Waals surface area contributed by atoms with Crippen LogP contribution in [0.25, 0.3) is 11.4 Å². The van der Waals surface area contributed by atoms with Gasteiger partial charge in [0.15, 0.2) is 11.0 Å². The molecule has 2 heterocycles. The summed E-state index contributed by atoms with van der Waals surface area (Å²) in [6, 6.07) is 10.7. The van der Waals surface area contributed by atoms with Crippen molar-refractivity contribution >= 4 is 39.7 Å². The highest BCUT2D eigenvalue weighted by Gasteiger charge is 2.21. The van der Waals surface area contributed by atoms with Gasteiger partial charge in [-0.1, -0.05) is 24.6 Å². The zero-order valence-corrected chi connectivity index (χ0v) is 22.3. The van der Waals surface area contributed by atoms with Gasteiger partial charge in [-0.15, -0.1) is 21.5 Å². The van der Waals surface area contributed by atoms with E-state index in [1.165, 1.54) is 35.2 Å². The third-order valence-corrected chi connectivity index (χ3v) is 8.68. The van der Waals surface area contributed by atoms with Crippen LogP contribution in [0, 0.1) is 11.3 Å². The average Bonchev–Trinajstić information content (AvgIpc) is 3.37. The van der Waals surface area contributed by atoms with E-state index in [1.807, 2.05) is 11.6 Å². The molecule has 0 spiro atoms. The van der Waals surface area contributed by atoms with E-state index in [0.717, 1.165) is 55.7 Å². The molecule has 3 aromatic rings. The molecular weight excluding hydrogens is 476 g/mol. The van der Waals surface area contributed by atoms with Crippen molar-refractivity contribution in [3.8, 4) is 17.5 Å². The molecular formula is C26H32N6OS2. The van der Waals surface area contributed by atoms with Gasteiger partial charge in [-0.25, -0.2) is 0 Å². The first-order valence-electron chi connectivity index (χ1n) is 12.3. The number of benzene rings is 1. The van der Waals surface area contributed by atoms with E-state index in [-0.39, 0.29) is 11.7 Å². The highest BCUT2D eigenvalue weighted by atomic mass is 32.2. The van der Waals surface area contributed by atoms with Gasteiger partial charge in [-0.3, -0.25) is 4.79 Å². The molecule has 0 radical (unpaired) electrons. The van der Waals surface area contributed by atoms with Gasteiger partial charge in [-0.2, -0.15) is 5.26 Å². The molecule has 0 fully saturated rings. The summed E-state index contributed by atoms with van der Waals surface area (Å²) in [5.41, 5.74) is 3.97. The number of fused-ring (bicyclic) bond motifs is 1. The van der Waals surface area contributed by atoms with Gasteiger partial charge in [0.05, 0.1) is 11.3 Å². The molecule has 9 heteroatoms. The van der Waals surface area contributed by atoms with Gasteiger partial charge in [-0.05, 0) is 69.4 Å². The molecule has 1 amide bonds. The molecule has 7 nitrogen and oxygen atoms in total. The van der Waals surface area contributed by atoms with E-state index in [0.29, 0.717) is 15.7 Å². The number of hydrogen-bond donors (Lipinski definition) is 1. The maximum Gasteiger partial charge on any atom is 0.235 e. The van der Waals surface area contributed by atoms with Gasteiger partial charge >= 0.3 is 0 Å². The van der Waals surface area contributed by atoms with Crippen molar-refractivity contribution in [2.24, 2.45) is 7.05 Å². The predicted molar refractivity (Wildman–Crippen MR) is 144 cm³/mol.